The minimum absolute atomic E-state index is 0.266. The summed E-state index contributed by atoms with van der Waals surface area (Å²) in [4.78, 5) is 11.0. The normalized spacial score (nSPS) is 10.9. The van der Waals surface area contributed by atoms with Gasteiger partial charge in [-0.15, -0.1) is 10.2 Å². The maximum Gasteiger partial charge on any atom is 0.218 e. The van der Waals surface area contributed by atoms with Crippen LogP contribution in [0.1, 0.15) is 12.0 Å². The van der Waals surface area contributed by atoms with Crippen LogP contribution >= 0.6 is 35.0 Å². The number of nitrogens with zero attached hydrogens (tertiary/aromatic N) is 3. The molecule has 1 amide bonds. The molecule has 134 valence electrons. The lowest BCUT2D eigenvalue weighted by Crippen LogP contribution is -2.11. The molecule has 2 aromatic carbocycles. The van der Waals surface area contributed by atoms with Crippen LogP contribution in [-0.2, 0) is 4.79 Å². The van der Waals surface area contributed by atoms with Crippen molar-refractivity contribution >= 4 is 40.9 Å². The van der Waals surface area contributed by atoms with Crippen molar-refractivity contribution in [2.75, 3.05) is 5.75 Å². The van der Waals surface area contributed by atoms with Crippen LogP contribution in [0.3, 0.4) is 0 Å². The quantitative estimate of drug-likeness (QED) is 0.610. The van der Waals surface area contributed by atoms with Crippen molar-refractivity contribution in [3.05, 3.63) is 58.1 Å². The second-order valence-electron chi connectivity index (χ2n) is 5.65. The Labute approximate surface area is 165 Å². The summed E-state index contributed by atoms with van der Waals surface area (Å²) in [6.07, 6.45) is 0.266. The molecule has 0 unspecified atom stereocenters. The van der Waals surface area contributed by atoms with E-state index >= 15 is 0 Å². The lowest BCUT2D eigenvalue weighted by atomic mass is 10.2. The molecule has 8 heteroatoms. The predicted molar refractivity (Wildman–Crippen MR) is 106 cm³/mol. The lowest BCUT2D eigenvalue weighted by molar-refractivity contribution is -0.117. The smallest absolute Gasteiger partial charge is 0.218 e. The molecule has 0 saturated carbocycles. The van der Waals surface area contributed by atoms with Crippen LogP contribution in [0.2, 0.25) is 10.0 Å². The molecule has 0 aliphatic rings. The number of hydrogen-bond donors (Lipinski definition) is 1. The van der Waals surface area contributed by atoms with E-state index < -0.39 is 0 Å². The van der Waals surface area contributed by atoms with Crippen LogP contribution in [0.15, 0.2) is 47.6 Å². The van der Waals surface area contributed by atoms with Gasteiger partial charge >= 0.3 is 0 Å². The predicted octanol–water partition coefficient (Wildman–Crippen LogP) is 4.52. The van der Waals surface area contributed by atoms with Crippen molar-refractivity contribution in [1.82, 2.24) is 14.8 Å². The van der Waals surface area contributed by atoms with Gasteiger partial charge in [0.05, 0.1) is 5.69 Å². The fourth-order valence-corrected chi connectivity index (χ4v) is 3.55. The summed E-state index contributed by atoms with van der Waals surface area (Å²) < 4.78 is 1.92. The summed E-state index contributed by atoms with van der Waals surface area (Å²) in [5.74, 6) is 0.844. The zero-order chi connectivity index (χ0) is 18.7. The van der Waals surface area contributed by atoms with Crippen molar-refractivity contribution in [3.63, 3.8) is 0 Å². The SMILES string of the molecule is Cc1ccc(-n2c(SCCC(N)=O)nnc2-c2ccc(Cl)cc2)cc1Cl. The van der Waals surface area contributed by atoms with Crippen LogP contribution in [-0.4, -0.2) is 26.4 Å². The Hall–Kier alpha value is -2.02. The van der Waals surface area contributed by atoms with Gasteiger partial charge in [0, 0.05) is 27.8 Å². The molecule has 3 rings (SSSR count). The van der Waals surface area contributed by atoms with Crippen molar-refractivity contribution in [3.8, 4) is 17.1 Å². The zero-order valence-electron chi connectivity index (χ0n) is 13.9. The minimum atomic E-state index is -0.347. The maximum absolute atomic E-state index is 11.0. The van der Waals surface area contributed by atoms with Gasteiger partial charge in [0.2, 0.25) is 5.91 Å². The summed E-state index contributed by atoms with van der Waals surface area (Å²) in [5, 5.41) is 10.6. The molecule has 0 saturated heterocycles. The number of rotatable bonds is 6. The van der Waals surface area contributed by atoms with E-state index in [9.17, 15) is 4.79 Å². The molecule has 5 nitrogen and oxygen atoms in total. The molecule has 0 bridgehead atoms. The highest BCUT2D eigenvalue weighted by Crippen LogP contribution is 2.30. The zero-order valence-corrected chi connectivity index (χ0v) is 16.3. The van der Waals surface area contributed by atoms with Gasteiger partial charge in [-0.1, -0.05) is 41.0 Å². The van der Waals surface area contributed by atoms with Gasteiger partial charge in [-0.3, -0.25) is 9.36 Å². The Morgan fingerprint density at radius 1 is 1.15 bits per heavy atom. The van der Waals surface area contributed by atoms with E-state index in [0.717, 1.165) is 16.8 Å². The number of carbonyl (C=O) groups is 1. The van der Waals surface area contributed by atoms with E-state index in [1.54, 1.807) is 12.1 Å². The Morgan fingerprint density at radius 2 is 1.88 bits per heavy atom. The fourth-order valence-electron chi connectivity index (χ4n) is 2.35. The number of thioether (sulfide) groups is 1. The molecule has 2 N–H and O–H groups in total. The number of halogens is 2. The van der Waals surface area contributed by atoms with Crippen LogP contribution in [0.4, 0.5) is 0 Å². The van der Waals surface area contributed by atoms with Crippen molar-refractivity contribution in [2.24, 2.45) is 5.73 Å². The molecule has 1 heterocycles. The van der Waals surface area contributed by atoms with E-state index in [-0.39, 0.29) is 12.3 Å². The number of carbonyl (C=O) groups excluding carboxylic acids is 1. The number of nitrogens with two attached hydrogens (primary N) is 1. The number of aryl methyl sites for hydroxylation is 1. The first kappa shape index (κ1) is 18.8. The van der Waals surface area contributed by atoms with E-state index in [1.807, 2.05) is 41.8 Å². The summed E-state index contributed by atoms with van der Waals surface area (Å²) in [7, 11) is 0. The molecule has 1 aromatic heterocycles. The molecule has 26 heavy (non-hydrogen) atoms. The number of benzene rings is 2. The van der Waals surface area contributed by atoms with Gasteiger partial charge in [0.1, 0.15) is 0 Å². The molecular formula is C18H16Cl2N4OS. The van der Waals surface area contributed by atoms with Crippen LogP contribution in [0.5, 0.6) is 0 Å². The fraction of sp³-hybridized carbons (Fsp3) is 0.167. The molecule has 3 aromatic rings. The highest BCUT2D eigenvalue weighted by Gasteiger charge is 2.17. The number of primary amides is 1. The van der Waals surface area contributed by atoms with Gasteiger partial charge < -0.3 is 5.73 Å². The second-order valence-corrected chi connectivity index (χ2v) is 7.55. The largest absolute Gasteiger partial charge is 0.370 e. The molecule has 0 atom stereocenters. The van der Waals surface area contributed by atoms with E-state index in [4.69, 9.17) is 28.9 Å². The first-order valence-corrected chi connectivity index (χ1v) is 9.59. The van der Waals surface area contributed by atoms with Crippen molar-refractivity contribution in [1.29, 1.82) is 0 Å². The molecule has 0 spiro atoms. The highest BCUT2D eigenvalue weighted by molar-refractivity contribution is 7.99. The van der Waals surface area contributed by atoms with E-state index in [2.05, 4.69) is 10.2 Å². The average molecular weight is 407 g/mol. The van der Waals surface area contributed by atoms with E-state index in [0.29, 0.717) is 26.8 Å². The third-order valence-corrected chi connectivity index (χ3v) is 5.32. The summed E-state index contributed by atoms with van der Waals surface area (Å²) in [6, 6.07) is 13.2. The third kappa shape index (κ3) is 4.20. The Balaban J connectivity index is 2.06. The van der Waals surface area contributed by atoms with Gasteiger partial charge in [0.25, 0.3) is 0 Å². The molecular weight excluding hydrogens is 391 g/mol. The van der Waals surface area contributed by atoms with Gasteiger partial charge in [-0.25, -0.2) is 0 Å². The topological polar surface area (TPSA) is 73.8 Å². The third-order valence-electron chi connectivity index (χ3n) is 3.73. The first-order valence-electron chi connectivity index (χ1n) is 7.84. The maximum atomic E-state index is 11.0. The van der Waals surface area contributed by atoms with Gasteiger partial charge in [0.15, 0.2) is 11.0 Å². The molecule has 0 fully saturated rings. The molecule has 0 aliphatic heterocycles. The summed E-state index contributed by atoms with van der Waals surface area (Å²) in [6.45, 7) is 1.95. The standard InChI is InChI=1S/C18H16Cl2N4OS/c1-11-2-7-14(10-15(11)20)24-17(12-3-5-13(19)6-4-12)22-23-18(24)26-9-8-16(21)25/h2-7,10H,8-9H2,1H3,(H2,21,25). The summed E-state index contributed by atoms with van der Waals surface area (Å²) in [5.41, 5.74) is 7.93. The molecule has 0 aliphatic carbocycles. The summed E-state index contributed by atoms with van der Waals surface area (Å²) >= 11 is 13.7. The molecule has 0 radical (unpaired) electrons. The monoisotopic (exact) mass is 406 g/mol. The Morgan fingerprint density at radius 3 is 2.54 bits per heavy atom. The second kappa shape index (κ2) is 8.12. The number of aromatic nitrogens is 3. The van der Waals surface area contributed by atoms with E-state index in [1.165, 1.54) is 11.8 Å². The Bertz CT molecular complexity index is 941. The minimum Gasteiger partial charge on any atom is -0.370 e. The van der Waals surface area contributed by atoms with Gasteiger partial charge in [-0.05, 0) is 48.9 Å². The van der Waals surface area contributed by atoms with Crippen molar-refractivity contribution < 1.29 is 4.79 Å². The first-order chi connectivity index (χ1) is 12.5. The van der Waals surface area contributed by atoms with Crippen LogP contribution in [0, 0.1) is 6.92 Å². The number of amides is 1. The Kier molecular flexibility index (Phi) is 5.86. The number of hydrogen-bond acceptors (Lipinski definition) is 4. The van der Waals surface area contributed by atoms with Crippen molar-refractivity contribution in [2.45, 2.75) is 18.5 Å². The lowest BCUT2D eigenvalue weighted by Gasteiger charge is -2.11. The highest BCUT2D eigenvalue weighted by atomic mass is 35.5. The van der Waals surface area contributed by atoms with Crippen LogP contribution in [0.25, 0.3) is 17.1 Å². The average Bonchev–Trinajstić information content (AvgIpc) is 3.01. The van der Waals surface area contributed by atoms with Crippen LogP contribution < -0.4 is 5.73 Å². The van der Waals surface area contributed by atoms with Gasteiger partial charge in [-0.2, -0.15) is 0 Å².